The lowest BCUT2D eigenvalue weighted by Crippen LogP contribution is -2.40. The fourth-order valence-corrected chi connectivity index (χ4v) is 3.52. The fourth-order valence-electron chi connectivity index (χ4n) is 3.52. The van der Waals surface area contributed by atoms with Gasteiger partial charge in [-0.05, 0) is 48.4 Å². The largest absolute Gasteiger partial charge is 0.497 e. The number of rotatable bonds is 7. The highest BCUT2D eigenvalue weighted by Gasteiger charge is 2.35. The van der Waals surface area contributed by atoms with E-state index < -0.39 is 5.54 Å². The molecule has 2 atom stereocenters. The first-order valence-corrected chi connectivity index (χ1v) is 8.87. The maximum atomic E-state index is 9.41. The van der Waals surface area contributed by atoms with Gasteiger partial charge in [-0.25, -0.2) is 0 Å². The lowest BCUT2D eigenvalue weighted by atomic mass is 9.93. The molecule has 1 aliphatic rings. The smallest absolute Gasteiger partial charge is 0.122 e. The second-order valence-electron chi connectivity index (χ2n) is 6.98. The van der Waals surface area contributed by atoms with Crippen molar-refractivity contribution in [3.63, 3.8) is 0 Å². The molecule has 2 aromatic rings. The Bertz CT molecular complexity index is 686. The Balaban J connectivity index is 1.51. The summed E-state index contributed by atoms with van der Waals surface area (Å²) in [6.45, 7) is 0.704. The maximum absolute atomic E-state index is 9.41. The number of nitrogens with two attached hydrogens (primary N) is 1. The highest BCUT2D eigenvalue weighted by atomic mass is 16.5. The minimum Gasteiger partial charge on any atom is -0.497 e. The van der Waals surface area contributed by atoms with Crippen molar-refractivity contribution in [3.05, 3.63) is 59.7 Å². The number of aliphatic hydroxyl groups excluding tert-OH is 1. The number of hydrogen-bond acceptors (Lipinski definition) is 4. The third kappa shape index (κ3) is 4.53. The zero-order valence-corrected chi connectivity index (χ0v) is 14.8. The lowest BCUT2D eigenvalue weighted by molar-refractivity contribution is 0.198. The number of benzene rings is 2. The number of methoxy groups -OCH3 is 1. The van der Waals surface area contributed by atoms with Gasteiger partial charge in [0.25, 0.3) is 0 Å². The highest BCUT2D eigenvalue weighted by molar-refractivity contribution is 5.33. The predicted octanol–water partition coefficient (Wildman–Crippen LogP) is 3.27. The van der Waals surface area contributed by atoms with Crippen LogP contribution in [-0.2, 0) is 6.42 Å². The van der Waals surface area contributed by atoms with E-state index in [2.05, 4.69) is 24.3 Å². The van der Waals surface area contributed by atoms with Gasteiger partial charge in [-0.15, -0.1) is 0 Å². The summed E-state index contributed by atoms with van der Waals surface area (Å²) in [5, 5.41) is 9.41. The van der Waals surface area contributed by atoms with Crippen molar-refractivity contribution >= 4 is 0 Å². The van der Waals surface area contributed by atoms with E-state index in [1.54, 1.807) is 7.11 Å². The average Bonchev–Trinajstić information content (AvgIpc) is 3.05. The molecule has 25 heavy (non-hydrogen) atoms. The summed E-state index contributed by atoms with van der Waals surface area (Å²) in [6, 6.07) is 16.4. The summed E-state index contributed by atoms with van der Waals surface area (Å²) in [5.74, 6) is 2.08. The van der Waals surface area contributed by atoms with Crippen LogP contribution in [0, 0.1) is 0 Å². The van der Waals surface area contributed by atoms with Crippen LogP contribution in [-0.4, -0.2) is 31.0 Å². The Kier molecular flexibility index (Phi) is 5.61. The van der Waals surface area contributed by atoms with E-state index in [4.69, 9.17) is 15.2 Å². The first-order chi connectivity index (χ1) is 12.1. The molecule has 1 fully saturated rings. The second kappa shape index (κ2) is 7.89. The van der Waals surface area contributed by atoms with Crippen LogP contribution in [0.2, 0.25) is 0 Å². The summed E-state index contributed by atoms with van der Waals surface area (Å²) in [7, 11) is 1.65. The Hall–Kier alpha value is -2.04. The first kappa shape index (κ1) is 17.8. The average molecular weight is 341 g/mol. The van der Waals surface area contributed by atoms with Crippen molar-refractivity contribution in [2.24, 2.45) is 5.73 Å². The van der Waals surface area contributed by atoms with Crippen LogP contribution in [0.15, 0.2) is 48.5 Å². The maximum Gasteiger partial charge on any atom is 0.122 e. The van der Waals surface area contributed by atoms with E-state index >= 15 is 0 Å². The highest BCUT2D eigenvalue weighted by Crippen LogP contribution is 2.39. The van der Waals surface area contributed by atoms with Gasteiger partial charge >= 0.3 is 0 Å². The summed E-state index contributed by atoms with van der Waals surface area (Å²) in [4.78, 5) is 0. The molecule has 0 saturated heterocycles. The topological polar surface area (TPSA) is 64.7 Å². The van der Waals surface area contributed by atoms with Crippen molar-refractivity contribution in [2.45, 2.75) is 37.1 Å². The standard InChI is InChI=1S/C21H27NO3/c1-24-19-3-2-4-20(13-19)25-12-10-16-5-7-17(8-6-16)18-9-11-21(22,14-18)15-23/h2-8,13,18,23H,9-12,14-15,22H2,1H3/t18-,21+/m1/s1. The lowest BCUT2D eigenvalue weighted by Gasteiger charge is -2.21. The molecule has 0 aliphatic heterocycles. The van der Waals surface area contributed by atoms with E-state index in [1.165, 1.54) is 11.1 Å². The minimum absolute atomic E-state index is 0.0726. The molecular weight excluding hydrogens is 314 g/mol. The molecule has 0 unspecified atom stereocenters. The summed E-state index contributed by atoms with van der Waals surface area (Å²) in [5.41, 5.74) is 8.36. The van der Waals surface area contributed by atoms with E-state index in [-0.39, 0.29) is 6.61 Å². The molecule has 1 aliphatic carbocycles. The van der Waals surface area contributed by atoms with Gasteiger partial charge in [0, 0.05) is 18.0 Å². The molecule has 0 aromatic heterocycles. The minimum atomic E-state index is -0.395. The molecule has 2 aromatic carbocycles. The van der Waals surface area contributed by atoms with E-state index in [0.29, 0.717) is 12.5 Å². The predicted molar refractivity (Wildman–Crippen MR) is 99.2 cm³/mol. The molecule has 4 nitrogen and oxygen atoms in total. The number of ether oxygens (including phenoxy) is 2. The third-order valence-electron chi connectivity index (χ3n) is 5.11. The molecule has 0 amide bonds. The second-order valence-corrected chi connectivity index (χ2v) is 6.98. The number of hydrogen-bond donors (Lipinski definition) is 2. The molecule has 3 rings (SSSR count). The monoisotopic (exact) mass is 341 g/mol. The van der Waals surface area contributed by atoms with Crippen molar-refractivity contribution in [3.8, 4) is 11.5 Å². The normalized spacial score (nSPS) is 22.8. The molecule has 0 heterocycles. The Labute approximate surface area is 149 Å². The molecule has 3 N–H and O–H groups in total. The summed E-state index contributed by atoms with van der Waals surface area (Å²) < 4.78 is 11.0. The summed E-state index contributed by atoms with van der Waals surface area (Å²) >= 11 is 0. The molecular formula is C21H27NO3. The molecule has 1 saturated carbocycles. The molecule has 4 heteroatoms. The van der Waals surface area contributed by atoms with E-state index in [0.717, 1.165) is 37.2 Å². The van der Waals surface area contributed by atoms with Gasteiger partial charge in [-0.2, -0.15) is 0 Å². The van der Waals surface area contributed by atoms with Crippen LogP contribution >= 0.6 is 0 Å². The molecule has 0 spiro atoms. The van der Waals surface area contributed by atoms with Crippen LogP contribution in [0.25, 0.3) is 0 Å². The quantitative estimate of drug-likeness (QED) is 0.811. The Morgan fingerprint density at radius 2 is 1.92 bits per heavy atom. The van der Waals surface area contributed by atoms with Gasteiger partial charge in [-0.3, -0.25) is 0 Å². The zero-order valence-electron chi connectivity index (χ0n) is 14.8. The number of aliphatic hydroxyl groups is 1. The Morgan fingerprint density at radius 1 is 1.16 bits per heavy atom. The van der Waals surface area contributed by atoms with E-state index in [9.17, 15) is 5.11 Å². The van der Waals surface area contributed by atoms with Gasteiger partial charge in [0.05, 0.1) is 20.3 Å². The van der Waals surface area contributed by atoms with E-state index in [1.807, 2.05) is 24.3 Å². The van der Waals surface area contributed by atoms with Crippen LogP contribution in [0.4, 0.5) is 0 Å². The third-order valence-corrected chi connectivity index (χ3v) is 5.11. The van der Waals surface area contributed by atoms with Crippen LogP contribution in [0.1, 0.15) is 36.3 Å². The first-order valence-electron chi connectivity index (χ1n) is 8.87. The molecule has 134 valence electrons. The van der Waals surface area contributed by atoms with Crippen LogP contribution in [0.5, 0.6) is 11.5 Å². The van der Waals surface area contributed by atoms with Gasteiger partial charge in [0.1, 0.15) is 11.5 Å². The van der Waals surface area contributed by atoms with Crippen molar-refractivity contribution in [1.29, 1.82) is 0 Å². The van der Waals surface area contributed by atoms with Gasteiger partial charge in [0.2, 0.25) is 0 Å². The van der Waals surface area contributed by atoms with Crippen LogP contribution in [0.3, 0.4) is 0 Å². The van der Waals surface area contributed by atoms with Gasteiger partial charge < -0.3 is 20.3 Å². The molecule has 0 radical (unpaired) electrons. The van der Waals surface area contributed by atoms with Crippen molar-refractivity contribution in [2.75, 3.05) is 20.3 Å². The van der Waals surface area contributed by atoms with Crippen molar-refractivity contribution in [1.82, 2.24) is 0 Å². The zero-order chi connectivity index (χ0) is 17.7. The van der Waals surface area contributed by atoms with Gasteiger partial charge in [-0.1, -0.05) is 30.3 Å². The SMILES string of the molecule is COc1cccc(OCCc2ccc([C@@H]3CC[C@@](N)(CO)C3)cc2)c1. The summed E-state index contributed by atoms with van der Waals surface area (Å²) in [6.07, 6.45) is 3.67. The van der Waals surface area contributed by atoms with Crippen LogP contribution < -0.4 is 15.2 Å². The fraction of sp³-hybridized carbons (Fsp3) is 0.429. The van der Waals surface area contributed by atoms with Crippen molar-refractivity contribution < 1.29 is 14.6 Å². The molecule has 0 bridgehead atoms. The van der Waals surface area contributed by atoms with Gasteiger partial charge in [0.15, 0.2) is 0 Å². The Morgan fingerprint density at radius 3 is 2.60 bits per heavy atom.